The molecule has 0 bridgehead atoms. The third kappa shape index (κ3) is 3.03. The molecule has 1 atom stereocenters. The normalized spacial score (nSPS) is 11.9. The lowest BCUT2D eigenvalue weighted by molar-refractivity contribution is 0.0697. The molecule has 2 rings (SSSR count). The Morgan fingerprint density at radius 2 is 2.11 bits per heavy atom. The number of carboxylic acids is 1. The van der Waals surface area contributed by atoms with Gasteiger partial charge in [-0.05, 0) is 24.6 Å². The smallest absolute Gasteiger partial charge is 0.339 e. The van der Waals surface area contributed by atoms with Crippen LogP contribution in [0.15, 0.2) is 42.7 Å². The van der Waals surface area contributed by atoms with Crippen molar-refractivity contribution in [3.63, 3.8) is 0 Å². The zero-order valence-electron chi connectivity index (χ0n) is 10.3. The van der Waals surface area contributed by atoms with E-state index in [1.54, 1.807) is 18.3 Å². The van der Waals surface area contributed by atoms with Gasteiger partial charge in [0.15, 0.2) is 0 Å². The zero-order valence-corrected chi connectivity index (χ0v) is 11.1. The number of nitrogens with one attached hydrogen (secondary N) is 1. The van der Waals surface area contributed by atoms with Crippen LogP contribution < -0.4 is 5.32 Å². The maximum Gasteiger partial charge on any atom is 0.339 e. The molecule has 2 aromatic rings. The number of anilines is 1. The van der Waals surface area contributed by atoms with E-state index in [2.05, 4.69) is 10.3 Å². The van der Waals surface area contributed by atoms with E-state index in [-0.39, 0.29) is 11.6 Å². The lowest BCUT2D eigenvalue weighted by Crippen LogP contribution is -2.11. The Labute approximate surface area is 116 Å². The van der Waals surface area contributed by atoms with E-state index in [1.165, 1.54) is 6.20 Å². The van der Waals surface area contributed by atoms with E-state index in [0.29, 0.717) is 10.7 Å². The SMILES string of the molecule is CC(Nc1ccncc1C(=O)O)c1ccccc1Cl. The van der Waals surface area contributed by atoms with Gasteiger partial charge in [0, 0.05) is 17.4 Å². The molecule has 4 nitrogen and oxygen atoms in total. The Hall–Kier alpha value is -2.07. The highest BCUT2D eigenvalue weighted by Gasteiger charge is 2.14. The molecular formula is C14H13ClN2O2. The number of carboxylic acid groups (broad SMARTS) is 1. The first-order chi connectivity index (χ1) is 9.09. The van der Waals surface area contributed by atoms with Gasteiger partial charge in [0.2, 0.25) is 0 Å². The summed E-state index contributed by atoms with van der Waals surface area (Å²) in [5.74, 6) is -1.01. The summed E-state index contributed by atoms with van der Waals surface area (Å²) in [6.07, 6.45) is 2.87. The third-order valence-corrected chi connectivity index (χ3v) is 3.14. The number of pyridine rings is 1. The van der Waals surface area contributed by atoms with Gasteiger partial charge in [-0.15, -0.1) is 0 Å². The van der Waals surface area contributed by atoms with Crippen LogP contribution in [0.4, 0.5) is 5.69 Å². The number of hydrogen-bond acceptors (Lipinski definition) is 3. The summed E-state index contributed by atoms with van der Waals surface area (Å²) >= 11 is 6.12. The van der Waals surface area contributed by atoms with Crippen molar-refractivity contribution in [3.8, 4) is 0 Å². The molecule has 5 heteroatoms. The molecule has 1 aromatic carbocycles. The van der Waals surface area contributed by atoms with Crippen LogP contribution in [-0.2, 0) is 0 Å². The monoisotopic (exact) mass is 276 g/mol. The second-order valence-electron chi connectivity index (χ2n) is 4.11. The van der Waals surface area contributed by atoms with Crippen molar-refractivity contribution in [1.29, 1.82) is 0 Å². The van der Waals surface area contributed by atoms with Crippen molar-refractivity contribution in [3.05, 3.63) is 58.9 Å². The molecule has 1 unspecified atom stereocenters. The molecule has 98 valence electrons. The highest BCUT2D eigenvalue weighted by atomic mass is 35.5. The Balaban J connectivity index is 2.27. The van der Waals surface area contributed by atoms with Gasteiger partial charge < -0.3 is 10.4 Å². The first-order valence-electron chi connectivity index (χ1n) is 5.78. The molecule has 2 N–H and O–H groups in total. The quantitative estimate of drug-likeness (QED) is 0.895. The summed E-state index contributed by atoms with van der Waals surface area (Å²) in [6, 6.07) is 8.99. The first-order valence-corrected chi connectivity index (χ1v) is 6.15. The standard InChI is InChI=1S/C14H13ClN2O2/c1-9(10-4-2-3-5-12(10)15)17-13-6-7-16-8-11(13)14(18)19/h2-9H,1H3,(H,16,17)(H,18,19). The van der Waals surface area contributed by atoms with Gasteiger partial charge in [0.25, 0.3) is 0 Å². The van der Waals surface area contributed by atoms with Crippen molar-refractivity contribution in [1.82, 2.24) is 4.98 Å². The topological polar surface area (TPSA) is 62.2 Å². The predicted octanol–water partition coefficient (Wildman–Crippen LogP) is 3.61. The largest absolute Gasteiger partial charge is 0.478 e. The molecular weight excluding hydrogens is 264 g/mol. The van der Waals surface area contributed by atoms with Crippen LogP contribution in [0.25, 0.3) is 0 Å². The highest BCUT2D eigenvalue weighted by Crippen LogP contribution is 2.26. The highest BCUT2D eigenvalue weighted by molar-refractivity contribution is 6.31. The minimum absolute atomic E-state index is 0.103. The fraction of sp³-hybridized carbons (Fsp3) is 0.143. The van der Waals surface area contributed by atoms with E-state index in [0.717, 1.165) is 5.56 Å². The average Bonchev–Trinajstić information content (AvgIpc) is 2.39. The zero-order chi connectivity index (χ0) is 13.8. The molecule has 0 aliphatic carbocycles. The van der Waals surface area contributed by atoms with Gasteiger partial charge in [0.05, 0.1) is 11.7 Å². The molecule has 0 saturated carbocycles. The Morgan fingerprint density at radius 3 is 2.79 bits per heavy atom. The van der Waals surface area contributed by atoms with Crippen molar-refractivity contribution in [2.45, 2.75) is 13.0 Å². The minimum Gasteiger partial charge on any atom is -0.478 e. The predicted molar refractivity (Wildman–Crippen MR) is 74.7 cm³/mol. The molecule has 19 heavy (non-hydrogen) atoms. The van der Waals surface area contributed by atoms with E-state index in [1.807, 2.05) is 25.1 Å². The van der Waals surface area contributed by atoms with Crippen molar-refractivity contribution in [2.24, 2.45) is 0 Å². The fourth-order valence-corrected chi connectivity index (χ4v) is 2.13. The van der Waals surface area contributed by atoms with Crippen LogP contribution in [0, 0.1) is 0 Å². The molecule has 0 spiro atoms. The van der Waals surface area contributed by atoms with Crippen LogP contribution in [0.1, 0.15) is 28.9 Å². The Morgan fingerprint density at radius 1 is 1.37 bits per heavy atom. The molecule has 0 fully saturated rings. The van der Waals surface area contributed by atoms with E-state index < -0.39 is 5.97 Å². The second-order valence-corrected chi connectivity index (χ2v) is 4.52. The summed E-state index contributed by atoms with van der Waals surface area (Å²) in [7, 11) is 0. The Bertz CT molecular complexity index is 602. The van der Waals surface area contributed by atoms with Crippen molar-refractivity contribution in [2.75, 3.05) is 5.32 Å². The summed E-state index contributed by atoms with van der Waals surface area (Å²) in [5, 5.41) is 12.9. The number of rotatable bonds is 4. The molecule has 0 saturated heterocycles. The number of halogens is 1. The number of aromatic nitrogens is 1. The Kier molecular flexibility index (Phi) is 4.02. The molecule has 0 amide bonds. The van der Waals surface area contributed by atoms with Crippen LogP contribution in [0.2, 0.25) is 5.02 Å². The van der Waals surface area contributed by atoms with Gasteiger partial charge >= 0.3 is 5.97 Å². The summed E-state index contributed by atoms with van der Waals surface area (Å²) in [5.41, 5.74) is 1.58. The van der Waals surface area contributed by atoms with Crippen LogP contribution in [-0.4, -0.2) is 16.1 Å². The second kappa shape index (κ2) is 5.71. The summed E-state index contributed by atoms with van der Waals surface area (Å²) in [4.78, 5) is 14.9. The number of benzene rings is 1. The number of aromatic carboxylic acids is 1. The van der Waals surface area contributed by atoms with Gasteiger partial charge in [0.1, 0.15) is 5.56 Å². The third-order valence-electron chi connectivity index (χ3n) is 2.80. The van der Waals surface area contributed by atoms with Gasteiger partial charge in [-0.2, -0.15) is 0 Å². The first kappa shape index (κ1) is 13.4. The maximum absolute atomic E-state index is 11.1. The molecule has 0 radical (unpaired) electrons. The lowest BCUT2D eigenvalue weighted by atomic mass is 10.1. The minimum atomic E-state index is -1.01. The van der Waals surface area contributed by atoms with Gasteiger partial charge in [-0.3, -0.25) is 4.98 Å². The number of hydrogen-bond donors (Lipinski definition) is 2. The molecule has 0 aliphatic rings. The lowest BCUT2D eigenvalue weighted by Gasteiger charge is -2.18. The van der Waals surface area contributed by atoms with Gasteiger partial charge in [-0.25, -0.2) is 4.79 Å². The maximum atomic E-state index is 11.1. The van der Waals surface area contributed by atoms with Crippen LogP contribution in [0.3, 0.4) is 0 Å². The fourth-order valence-electron chi connectivity index (χ4n) is 1.83. The summed E-state index contributed by atoms with van der Waals surface area (Å²) < 4.78 is 0. The number of carbonyl (C=O) groups is 1. The van der Waals surface area contributed by atoms with Crippen molar-refractivity contribution >= 4 is 23.3 Å². The molecule has 1 aromatic heterocycles. The van der Waals surface area contributed by atoms with Crippen LogP contribution >= 0.6 is 11.6 Å². The summed E-state index contributed by atoms with van der Waals surface area (Å²) in [6.45, 7) is 1.92. The van der Waals surface area contributed by atoms with Crippen molar-refractivity contribution < 1.29 is 9.90 Å². The molecule has 1 heterocycles. The average molecular weight is 277 g/mol. The van der Waals surface area contributed by atoms with Crippen LogP contribution in [0.5, 0.6) is 0 Å². The van der Waals surface area contributed by atoms with Gasteiger partial charge in [-0.1, -0.05) is 29.8 Å². The number of nitrogens with zero attached hydrogens (tertiary/aromatic N) is 1. The van der Waals surface area contributed by atoms with E-state index in [4.69, 9.17) is 16.7 Å². The van der Waals surface area contributed by atoms with E-state index in [9.17, 15) is 4.79 Å². The molecule has 0 aliphatic heterocycles. The van der Waals surface area contributed by atoms with E-state index >= 15 is 0 Å².